The van der Waals surface area contributed by atoms with Gasteiger partial charge in [-0.2, -0.15) is 0 Å². The highest BCUT2D eigenvalue weighted by Crippen LogP contribution is 2.23. The molecule has 114 valence electrons. The van der Waals surface area contributed by atoms with E-state index in [4.69, 9.17) is 10.2 Å². The minimum absolute atomic E-state index is 0.256. The molecule has 3 N–H and O–H groups in total. The molecule has 0 bridgehead atoms. The molecule has 1 heterocycles. The van der Waals surface area contributed by atoms with E-state index < -0.39 is 16.1 Å². The van der Waals surface area contributed by atoms with Crippen molar-refractivity contribution >= 4 is 10.0 Å². The zero-order chi connectivity index (χ0) is 15.6. The molecular formula is C15H20N2O3S. The molecule has 0 saturated carbocycles. The molecule has 0 aliphatic rings. The van der Waals surface area contributed by atoms with Crippen molar-refractivity contribution in [2.75, 3.05) is 0 Å². The fourth-order valence-electron chi connectivity index (χ4n) is 2.28. The number of sulfonamides is 1. The summed E-state index contributed by atoms with van der Waals surface area (Å²) in [5.74, 6) is 0.572. The van der Waals surface area contributed by atoms with Gasteiger partial charge in [0.2, 0.25) is 10.0 Å². The summed E-state index contributed by atoms with van der Waals surface area (Å²) in [4.78, 5) is 0.256. The zero-order valence-electron chi connectivity index (χ0n) is 12.4. The average Bonchev–Trinajstić information content (AvgIpc) is 2.91. The Kier molecular flexibility index (Phi) is 4.51. The van der Waals surface area contributed by atoms with Crippen LogP contribution in [0.3, 0.4) is 0 Å². The van der Waals surface area contributed by atoms with Gasteiger partial charge in [-0.15, -0.1) is 0 Å². The number of aryl methyl sites for hydroxylation is 2. The molecule has 21 heavy (non-hydrogen) atoms. The van der Waals surface area contributed by atoms with E-state index in [0.717, 1.165) is 11.1 Å². The summed E-state index contributed by atoms with van der Waals surface area (Å²) < 4.78 is 32.9. The van der Waals surface area contributed by atoms with Gasteiger partial charge < -0.3 is 10.2 Å². The monoisotopic (exact) mass is 308 g/mol. The van der Waals surface area contributed by atoms with Gasteiger partial charge in [-0.05, 0) is 55.7 Å². The third kappa shape index (κ3) is 3.34. The average molecular weight is 308 g/mol. The molecule has 0 aliphatic heterocycles. The van der Waals surface area contributed by atoms with E-state index in [-0.39, 0.29) is 4.90 Å². The zero-order valence-corrected chi connectivity index (χ0v) is 13.2. The number of furan rings is 1. The molecule has 2 aromatic rings. The molecule has 0 radical (unpaired) electrons. The summed E-state index contributed by atoms with van der Waals surface area (Å²) >= 11 is 0. The van der Waals surface area contributed by atoms with E-state index in [2.05, 4.69) is 4.72 Å². The lowest BCUT2D eigenvalue weighted by molar-refractivity contribution is 0.459. The van der Waals surface area contributed by atoms with E-state index in [1.54, 1.807) is 32.0 Å². The van der Waals surface area contributed by atoms with Crippen LogP contribution in [-0.4, -0.2) is 8.42 Å². The molecule has 1 atom stereocenters. The first-order valence-corrected chi connectivity index (χ1v) is 8.19. The van der Waals surface area contributed by atoms with Crippen LogP contribution >= 0.6 is 0 Å². The van der Waals surface area contributed by atoms with Crippen molar-refractivity contribution in [1.29, 1.82) is 0 Å². The second-order valence-electron chi connectivity index (χ2n) is 5.11. The van der Waals surface area contributed by atoms with Gasteiger partial charge in [0.25, 0.3) is 0 Å². The first kappa shape index (κ1) is 15.8. The van der Waals surface area contributed by atoms with Gasteiger partial charge in [0.05, 0.1) is 17.2 Å². The summed E-state index contributed by atoms with van der Waals surface area (Å²) in [6, 6.07) is 6.51. The molecule has 0 saturated heterocycles. The summed E-state index contributed by atoms with van der Waals surface area (Å²) in [5.41, 5.74) is 8.18. The van der Waals surface area contributed by atoms with Crippen molar-refractivity contribution < 1.29 is 12.8 Å². The molecule has 5 nitrogen and oxygen atoms in total. The number of nitrogens with two attached hydrogens (primary N) is 1. The van der Waals surface area contributed by atoms with E-state index in [0.29, 0.717) is 17.9 Å². The van der Waals surface area contributed by atoms with Gasteiger partial charge in [0.1, 0.15) is 5.76 Å². The highest BCUT2D eigenvalue weighted by molar-refractivity contribution is 7.89. The van der Waals surface area contributed by atoms with Crippen molar-refractivity contribution in [3.05, 3.63) is 53.0 Å². The number of hydrogen-bond donors (Lipinski definition) is 2. The number of benzene rings is 1. The predicted molar refractivity (Wildman–Crippen MR) is 81.3 cm³/mol. The van der Waals surface area contributed by atoms with Crippen LogP contribution in [0, 0.1) is 13.8 Å². The van der Waals surface area contributed by atoms with Gasteiger partial charge in [0, 0.05) is 6.54 Å². The Labute approximate surface area is 125 Å². The molecular weight excluding hydrogens is 288 g/mol. The number of hydrogen-bond acceptors (Lipinski definition) is 4. The Morgan fingerprint density at radius 1 is 1.29 bits per heavy atom. The number of nitrogens with one attached hydrogen (secondary N) is 1. The molecule has 1 aromatic carbocycles. The first-order valence-electron chi connectivity index (χ1n) is 6.71. The van der Waals surface area contributed by atoms with Crippen LogP contribution in [0.1, 0.15) is 35.4 Å². The van der Waals surface area contributed by atoms with Gasteiger partial charge in [-0.1, -0.05) is 6.07 Å². The third-order valence-corrected chi connectivity index (χ3v) is 5.13. The van der Waals surface area contributed by atoms with Crippen molar-refractivity contribution in [3.8, 4) is 0 Å². The van der Waals surface area contributed by atoms with Crippen molar-refractivity contribution in [2.24, 2.45) is 5.73 Å². The Bertz CT molecular complexity index is 722. The third-order valence-electron chi connectivity index (χ3n) is 3.44. The second-order valence-corrected chi connectivity index (χ2v) is 6.79. The lowest BCUT2D eigenvalue weighted by Crippen LogP contribution is -2.27. The van der Waals surface area contributed by atoms with Crippen molar-refractivity contribution in [2.45, 2.75) is 38.3 Å². The summed E-state index contributed by atoms with van der Waals surface area (Å²) in [6.45, 7) is 5.75. The van der Waals surface area contributed by atoms with Crippen LogP contribution in [0.25, 0.3) is 0 Å². The van der Waals surface area contributed by atoms with Crippen LogP contribution in [0.2, 0.25) is 0 Å². The first-order chi connectivity index (χ1) is 9.85. The normalized spacial score (nSPS) is 13.3. The maximum atomic E-state index is 12.5. The molecule has 1 unspecified atom stereocenters. The van der Waals surface area contributed by atoms with Crippen molar-refractivity contribution in [3.63, 3.8) is 0 Å². The van der Waals surface area contributed by atoms with Gasteiger partial charge >= 0.3 is 0 Å². The van der Waals surface area contributed by atoms with Gasteiger partial charge in [-0.3, -0.25) is 0 Å². The maximum Gasteiger partial charge on any atom is 0.241 e. The lowest BCUT2D eigenvalue weighted by Gasteiger charge is -2.15. The predicted octanol–water partition coefficient (Wildman–Crippen LogP) is 2.39. The van der Waals surface area contributed by atoms with Crippen LogP contribution in [0.5, 0.6) is 0 Å². The largest absolute Gasteiger partial charge is 0.468 e. The lowest BCUT2D eigenvalue weighted by atomic mass is 10.1. The van der Waals surface area contributed by atoms with E-state index in [9.17, 15) is 8.42 Å². The second kappa shape index (κ2) is 6.01. The van der Waals surface area contributed by atoms with Crippen molar-refractivity contribution in [1.82, 2.24) is 4.72 Å². The molecule has 2 rings (SSSR count). The van der Waals surface area contributed by atoms with Crippen LogP contribution in [0.4, 0.5) is 0 Å². The van der Waals surface area contributed by atoms with Crippen LogP contribution in [0.15, 0.2) is 39.8 Å². The summed E-state index contributed by atoms with van der Waals surface area (Å²) in [6.07, 6.45) is 1.52. The maximum absolute atomic E-state index is 12.5. The molecule has 0 aliphatic carbocycles. The standard InChI is InChI=1S/C15H20N2O3S/c1-10-7-11(2)15(8-13(10)9-16)21(18,19)17-12(3)14-5-4-6-20-14/h4-8,12,17H,9,16H2,1-3H3. The van der Waals surface area contributed by atoms with Crippen LogP contribution in [-0.2, 0) is 16.6 Å². The smallest absolute Gasteiger partial charge is 0.241 e. The Morgan fingerprint density at radius 3 is 2.57 bits per heavy atom. The fraction of sp³-hybridized carbons (Fsp3) is 0.333. The topological polar surface area (TPSA) is 85.3 Å². The Morgan fingerprint density at radius 2 is 2.00 bits per heavy atom. The number of rotatable bonds is 5. The summed E-state index contributed by atoms with van der Waals surface area (Å²) in [5, 5.41) is 0. The molecule has 1 aromatic heterocycles. The minimum atomic E-state index is -3.63. The molecule has 0 spiro atoms. The SMILES string of the molecule is Cc1cc(C)c(S(=O)(=O)NC(C)c2ccco2)cc1CN. The van der Waals surface area contributed by atoms with E-state index >= 15 is 0 Å². The molecule has 6 heteroatoms. The Hall–Kier alpha value is -1.63. The molecule has 0 amide bonds. The van der Waals surface area contributed by atoms with E-state index in [1.807, 2.05) is 13.0 Å². The van der Waals surface area contributed by atoms with Gasteiger partial charge in [-0.25, -0.2) is 13.1 Å². The quantitative estimate of drug-likeness (QED) is 0.888. The molecule has 0 fully saturated rings. The highest BCUT2D eigenvalue weighted by atomic mass is 32.2. The highest BCUT2D eigenvalue weighted by Gasteiger charge is 2.22. The summed E-state index contributed by atoms with van der Waals surface area (Å²) in [7, 11) is -3.63. The fourth-order valence-corrected chi connectivity index (χ4v) is 3.76. The van der Waals surface area contributed by atoms with E-state index in [1.165, 1.54) is 6.26 Å². The minimum Gasteiger partial charge on any atom is -0.468 e. The Balaban J connectivity index is 2.36. The van der Waals surface area contributed by atoms with Gasteiger partial charge in [0.15, 0.2) is 0 Å². The van der Waals surface area contributed by atoms with Crippen LogP contribution < -0.4 is 10.5 Å².